The van der Waals surface area contributed by atoms with E-state index in [4.69, 9.17) is 4.74 Å². The number of rotatable bonds is 2. The van der Waals surface area contributed by atoms with E-state index in [2.05, 4.69) is 32.8 Å². The fourth-order valence-corrected chi connectivity index (χ4v) is 1.79. The predicted molar refractivity (Wildman–Crippen MR) is 75.5 cm³/mol. The zero-order valence-electron chi connectivity index (χ0n) is 9.98. The number of benzene rings is 1. The summed E-state index contributed by atoms with van der Waals surface area (Å²) in [4.78, 5) is 4.30. The van der Waals surface area contributed by atoms with Crippen LogP contribution in [0.5, 0.6) is 5.75 Å². The van der Waals surface area contributed by atoms with Crippen LogP contribution in [0.4, 0.5) is 0 Å². The van der Waals surface area contributed by atoms with E-state index in [9.17, 15) is 0 Å². The molecular weight excluding hydrogens is 290 g/mol. The topological polar surface area (TPSA) is 22.1 Å². The summed E-state index contributed by atoms with van der Waals surface area (Å²) >= 11 is 3.39. The van der Waals surface area contributed by atoms with Crippen molar-refractivity contribution in [2.24, 2.45) is 0 Å². The number of hydrogen-bond acceptors (Lipinski definition) is 2. The monoisotopic (exact) mass is 301 g/mol. The molecule has 0 aliphatic heterocycles. The quantitative estimate of drug-likeness (QED) is 0.791. The number of hydrogen-bond donors (Lipinski definition) is 0. The van der Waals surface area contributed by atoms with Gasteiger partial charge in [-0.25, -0.2) is 4.98 Å². The third kappa shape index (κ3) is 3.90. The number of aryl methyl sites for hydroxylation is 1. The van der Waals surface area contributed by atoms with Crippen molar-refractivity contribution in [2.75, 3.05) is 6.61 Å². The largest absolute Gasteiger partial charge is 0.481 e. The van der Waals surface area contributed by atoms with Gasteiger partial charge in [0, 0.05) is 10.2 Å². The van der Waals surface area contributed by atoms with Crippen LogP contribution in [-0.4, -0.2) is 11.6 Å². The maximum absolute atomic E-state index is 5.51. The normalized spacial score (nSPS) is 9.44. The standard InChI is InChI=1S/C15H12BrNO/c1-12-5-2-7-14(17-12)8-4-10-18-15-9-3-6-13(16)11-15/h2-3,5-7,9,11H,10H2,1H3. The lowest BCUT2D eigenvalue weighted by Crippen LogP contribution is -1.94. The van der Waals surface area contributed by atoms with E-state index < -0.39 is 0 Å². The summed E-state index contributed by atoms with van der Waals surface area (Å²) in [5, 5.41) is 0. The van der Waals surface area contributed by atoms with Crippen molar-refractivity contribution in [1.82, 2.24) is 4.98 Å². The molecule has 0 aliphatic carbocycles. The lowest BCUT2D eigenvalue weighted by Gasteiger charge is -2.01. The fraction of sp³-hybridized carbons (Fsp3) is 0.133. The van der Waals surface area contributed by atoms with Crippen LogP contribution in [0.2, 0.25) is 0 Å². The number of nitrogens with zero attached hydrogens (tertiary/aromatic N) is 1. The Hall–Kier alpha value is -1.79. The van der Waals surface area contributed by atoms with Gasteiger partial charge >= 0.3 is 0 Å². The fourth-order valence-electron chi connectivity index (χ4n) is 1.42. The highest BCUT2D eigenvalue weighted by molar-refractivity contribution is 9.10. The average molecular weight is 302 g/mol. The highest BCUT2D eigenvalue weighted by Gasteiger charge is 1.92. The molecular formula is C15H12BrNO. The minimum Gasteiger partial charge on any atom is -0.481 e. The molecule has 2 aromatic rings. The second-order valence-corrected chi connectivity index (χ2v) is 4.63. The van der Waals surface area contributed by atoms with E-state index in [-0.39, 0.29) is 0 Å². The Bertz CT molecular complexity index is 599. The van der Waals surface area contributed by atoms with Gasteiger partial charge in [0.2, 0.25) is 0 Å². The molecule has 0 N–H and O–H groups in total. The third-order valence-electron chi connectivity index (χ3n) is 2.21. The average Bonchev–Trinajstić information content (AvgIpc) is 2.35. The lowest BCUT2D eigenvalue weighted by atomic mass is 10.3. The SMILES string of the molecule is Cc1cccc(C#CCOc2cccc(Br)c2)n1. The maximum atomic E-state index is 5.51. The van der Waals surface area contributed by atoms with Crippen molar-refractivity contribution in [3.05, 3.63) is 58.3 Å². The van der Waals surface area contributed by atoms with E-state index in [0.29, 0.717) is 6.61 Å². The Kier molecular flexibility index (Phi) is 4.38. The van der Waals surface area contributed by atoms with Crippen molar-refractivity contribution in [3.8, 4) is 17.6 Å². The Morgan fingerprint density at radius 1 is 1.22 bits per heavy atom. The molecule has 0 amide bonds. The van der Waals surface area contributed by atoms with Gasteiger partial charge in [0.1, 0.15) is 18.1 Å². The van der Waals surface area contributed by atoms with E-state index in [1.807, 2.05) is 49.4 Å². The maximum Gasteiger partial charge on any atom is 0.149 e. The molecule has 1 aromatic heterocycles. The molecule has 0 bridgehead atoms. The molecule has 3 heteroatoms. The highest BCUT2D eigenvalue weighted by atomic mass is 79.9. The third-order valence-corrected chi connectivity index (χ3v) is 2.71. The highest BCUT2D eigenvalue weighted by Crippen LogP contribution is 2.17. The molecule has 2 rings (SSSR count). The van der Waals surface area contributed by atoms with Gasteiger partial charge in [-0.15, -0.1) is 0 Å². The van der Waals surface area contributed by atoms with Crippen LogP contribution in [0.15, 0.2) is 46.9 Å². The van der Waals surface area contributed by atoms with Crippen LogP contribution in [0.3, 0.4) is 0 Å². The first kappa shape index (κ1) is 12.7. The Balaban J connectivity index is 1.93. The Morgan fingerprint density at radius 2 is 2.06 bits per heavy atom. The van der Waals surface area contributed by atoms with Gasteiger partial charge in [0.25, 0.3) is 0 Å². The summed E-state index contributed by atoms with van der Waals surface area (Å²) in [6, 6.07) is 13.5. The Labute approximate surface area is 115 Å². The molecule has 1 heterocycles. The van der Waals surface area contributed by atoms with Gasteiger partial charge in [0.05, 0.1) is 0 Å². The smallest absolute Gasteiger partial charge is 0.149 e. The molecule has 0 spiro atoms. The minimum absolute atomic E-state index is 0.353. The number of pyridine rings is 1. The lowest BCUT2D eigenvalue weighted by molar-refractivity contribution is 0.370. The van der Waals surface area contributed by atoms with Crippen molar-refractivity contribution in [1.29, 1.82) is 0 Å². The summed E-state index contributed by atoms with van der Waals surface area (Å²) in [5.41, 5.74) is 1.74. The molecule has 0 unspecified atom stereocenters. The number of halogens is 1. The predicted octanol–water partition coefficient (Wildman–Crippen LogP) is 3.58. The zero-order chi connectivity index (χ0) is 12.8. The van der Waals surface area contributed by atoms with Crippen molar-refractivity contribution in [3.63, 3.8) is 0 Å². The molecule has 18 heavy (non-hydrogen) atoms. The van der Waals surface area contributed by atoms with Crippen LogP contribution >= 0.6 is 15.9 Å². The van der Waals surface area contributed by atoms with Crippen LogP contribution in [0, 0.1) is 18.8 Å². The summed E-state index contributed by atoms with van der Waals surface area (Å²) in [6.45, 7) is 2.30. The molecule has 90 valence electrons. The summed E-state index contributed by atoms with van der Waals surface area (Å²) < 4.78 is 6.50. The van der Waals surface area contributed by atoms with Crippen molar-refractivity contribution < 1.29 is 4.74 Å². The molecule has 0 saturated carbocycles. The first-order valence-electron chi connectivity index (χ1n) is 5.55. The zero-order valence-corrected chi connectivity index (χ0v) is 11.6. The van der Waals surface area contributed by atoms with Gasteiger partial charge in [-0.1, -0.05) is 34.0 Å². The van der Waals surface area contributed by atoms with Gasteiger partial charge in [-0.2, -0.15) is 0 Å². The van der Waals surface area contributed by atoms with E-state index in [1.54, 1.807) is 0 Å². The van der Waals surface area contributed by atoms with Gasteiger partial charge in [-0.3, -0.25) is 0 Å². The Morgan fingerprint density at radius 3 is 2.83 bits per heavy atom. The molecule has 0 fully saturated rings. The molecule has 0 aliphatic rings. The number of aromatic nitrogens is 1. The second kappa shape index (κ2) is 6.23. The minimum atomic E-state index is 0.353. The molecule has 0 atom stereocenters. The molecule has 1 aromatic carbocycles. The summed E-state index contributed by atoms with van der Waals surface area (Å²) in [7, 11) is 0. The first-order valence-corrected chi connectivity index (χ1v) is 6.34. The van der Waals surface area contributed by atoms with E-state index in [1.165, 1.54) is 0 Å². The van der Waals surface area contributed by atoms with Gasteiger partial charge < -0.3 is 4.74 Å². The van der Waals surface area contributed by atoms with Crippen LogP contribution in [0.1, 0.15) is 11.4 Å². The van der Waals surface area contributed by atoms with Gasteiger partial charge in [-0.05, 0) is 43.2 Å². The van der Waals surface area contributed by atoms with E-state index >= 15 is 0 Å². The van der Waals surface area contributed by atoms with Crippen molar-refractivity contribution >= 4 is 15.9 Å². The van der Waals surface area contributed by atoms with Gasteiger partial charge in [0.15, 0.2) is 0 Å². The van der Waals surface area contributed by atoms with Crippen LogP contribution < -0.4 is 4.74 Å². The van der Waals surface area contributed by atoms with E-state index in [0.717, 1.165) is 21.6 Å². The molecule has 0 radical (unpaired) electrons. The first-order chi connectivity index (χ1) is 8.74. The number of ether oxygens (including phenoxy) is 1. The van der Waals surface area contributed by atoms with Crippen LogP contribution in [-0.2, 0) is 0 Å². The molecule has 2 nitrogen and oxygen atoms in total. The van der Waals surface area contributed by atoms with Crippen LogP contribution in [0.25, 0.3) is 0 Å². The molecule has 0 saturated heterocycles. The second-order valence-electron chi connectivity index (χ2n) is 3.71. The summed E-state index contributed by atoms with van der Waals surface area (Å²) in [6.07, 6.45) is 0. The summed E-state index contributed by atoms with van der Waals surface area (Å²) in [5.74, 6) is 6.72. The van der Waals surface area contributed by atoms with Crippen molar-refractivity contribution in [2.45, 2.75) is 6.92 Å².